The van der Waals surface area contributed by atoms with Crippen LogP contribution in [-0.2, 0) is 20.7 Å². The molecule has 2 amide bonds. The lowest BCUT2D eigenvalue weighted by atomic mass is 10.1. The number of fused-ring (bicyclic) bond motifs is 1. The first-order chi connectivity index (χ1) is 15.4. The highest BCUT2D eigenvalue weighted by Gasteiger charge is 2.30. The SMILES string of the molecule is CCOc1ccc(C(=O)NCC(=O)OCC(=O)N2c3ccccc3CC2C)cc1OCC. The Balaban J connectivity index is 1.51. The van der Waals surface area contributed by atoms with Gasteiger partial charge in [0.15, 0.2) is 18.1 Å². The summed E-state index contributed by atoms with van der Waals surface area (Å²) in [6, 6.07) is 12.5. The van der Waals surface area contributed by atoms with Gasteiger partial charge in [0.1, 0.15) is 6.54 Å². The number of benzene rings is 2. The van der Waals surface area contributed by atoms with Gasteiger partial charge in [0.25, 0.3) is 11.8 Å². The quantitative estimate of drug-likeness (QED) is 0.603. The Labute approximate surface area is 187 Å². The fourth-order valence-corrected chi connectivity index (χ4v) is 3.66. The summed E-state index contributed by atoms with van der Waals surface area (Å²) in [7, 11) is 0. The molecule has 2 aromatic rings. The van der Waals surface area contributed by atoms with E-state index in [1.807, 2.05) is 45.0 Å². The predicted molar refractivity (Wildman–Crippen MR) is 119 cm³/mol. The summed E-state index contributed by atoms with van der Waals surface area (Å²) >= 11 is 0. The maximum Gasteiger partial charge on any atom is 0.325 e. The number of para-hydroxylation sites is 1. The normalized spacial score (nSPS) is 14.5. The number of carbonyl (C=O) groups excluding carboxylic acids is 3. The lowest BCUT2D eigenvalue weighted by molar-refractivity contribution is -0.146. The molecular weight excluding hydrogens is 412 g/mol. The van der Waals surface area contributed by atoms with Gasteiger partial charge in [0.05, 0.1) is 13.2 Å². The molecule has 1 atom stereocenters. The Morgan fingerprint density at radius 1 is 1.03 bits per heavy atom. The molecular formula is C24H28N2O6. The molecule has 8 heteroatoms. The van der Waals surface area contributed by atoms with Crippen LogP contribution in [0.3, 0.4) is 0 Å². The number of anilines is 1. The van der Waals surface area contributed by atoms with Gasteiger partial charge in [-0.1, -0.05) is 18.2 Å². The molecule has 32 heavy (non-hydrogen) atoms. The van der Waals surface area contributed by atoms with Gasteiger partial charge in [-0.15, -0.1) is 0 Å². The van der Waals surface area contributed by atoms with E-state index >= 15 is 0 Å². The van der Waals surface area contributed by atoms with Gasteiger partial charge in [-0.3, -0.25) is 14.4 Å². The largest absolute Gasteiger partial charge is 0.490 e. The molecule has 1 N–H and O–H groups in total. The number of amides is 2. The van der Waals surface area contributed by atoms with Crippen molar-refractivity contribution >= 4 is 23.5 Å². The molecule has 1 aliphatic heterocycles. The highest BCUT2D eigenvalue weighted by molar-refractivity contribution is 5.99. The van der Waals surface area contributed by atoms with E-state index in [2.05, 4.69) is 5.32 Å². The second kappa shape index (κ2) is 10.7. The van der Waals surface area contributed by atoms with Crippen molar-refractivity contribution in [2.24, 2.45) is 0 Å². The summed E-state index contributed by atoms with van der Waals surface area (Å²) in [6.07, 6.45) is 0.762. The summed E-state index contributed by atoms with van der Waals surface area (Å²) < 4.78 is 16.1. The van der Waals surface area contributed by atoms with Gasteiger partial charge in [-0.25, -0.2) is 0 Å². The monoisotopic (exact) mass is 440 g/mol. The average molecular weight is 440 g/mol. The fraction of sp³-hybridized carbons (Fsp3) is 0.375. The zero-order valence-corrected chi connectivity index (χ0v) is 18.6. The smallest absolute Gasteiger partial charge is 0.325 e. The average Bonchev–Trinajstić information content (AvgIpc) is 3.13. The number of hydrogen-bond acceptors (Lipinski definition) is 6. The first-order valence-electron chi connectivity index (χ1n) is 10.7. The predicted octanol–water partition coefficient (Wildman–Crippen LogP) is 2.73. The van der Waals surface area contributed by atoms with Crippen LogP contribution in [0.4, 0.5) is 5.69 Å². The maximum absolute atomic E-state index is 12.6. The second-order valence-corrected chi connectivity index (χ2v) is 7.32. The topological polar surface area (TPSA) is 94.2 Å². The van der Waals surface area contributed by atoms with E-state index in [4.69, 9.17) is 14.2 Å². The van der Waals surface area contributed by atoms with Crippen LogP contribution in [-0.4, -0.2) is 50.2 Å². The Bertz CT molecular complexity index is 990. The van der Waals surface area contributed by atoms with Gasteiger partial charge in [-0.05, 0) is 57.0 Å². The molecule has 0 aromatic heterocycles. The van der Waals surface area contributed by atoms with Gasteiger partial charge in [0.2, 0.25) is 0 Å². The van der Waals surface area contributed by atoms with Crippen LogP contribution in [0.25, 0.3) is 0 Å². The van der Waals surface area contributed by atoms with Crippen molar-refractivity contribution in [3.63, 3.8) is 0 Å². The van der Waals surface area contributed by atoms with E-state index < -0.39 is 11.9 Å². The zero-order chi connectivity index (χ0) is 23.1. The van der Waals surface area contributed by atoms with Crippen molar-refractivity contribution in [1.82, 2.24) is 5.32 Å². The number of esters is 1. The van der Waals surface area contributed by atoms with E-state index in [9.17, 15) is 14.4 Å². The Kier molecular flexibility index (Phi) is 7.70. The molecule has 0 radical (unpaired) electrons. The molecule has 1 aliphatic rings. The third kappa shape index (κ3) is 5.38. The summed E-state index contributed by atoms with van der Waals surface area (Å²) in [4.78, 5) is 38.7. The molecule has 0 aliphatic carbocycles. The van der Waals surface area contributed by atoms with Crippen LogP contribution in [0.2, 0.25) is 0 Å². The van der Waals surface area contributed by atoms with Crippen molar-refractivity contribution < 1.29 is 28.6 Å². The molecule has 1 unspecified atom stereocenters. The van der Waals surface area contributed by atoms with Crippen LogP contribution in [0.5, 0.6) is 11.5 Å². The molecule has 0 saturated heterocycles. The summed E-state index contributed by atoms with van der Waals surface area (Å²) in [5.41, 5.74) is 2.26. The number of rotatable bonds is 9. The van der Waals surface area contributed by atoms with Crippen LogP contribution >= 0.6 is 0 Å². The second-order valence-electron chi connectivity index (χ2n) is 7.32. The van der Waals surface area contributed by atoms with E-state index in [1.54, 1.807) is 23.1 Å². The molecule has 0 fully saturated rings. The van der Waals surface area contributed by atoms with Crippen molar-refractivity contribution in [1.29, 1.82) is 0 Å². The summed E-state index contributed by atoms with van der Waals surface area (Å²) in [5, 5.41) is 2.50. The molecule has 8 nitrogen and oxygen atoms in total. The number of ether oxygens (including phenoxy) is 3. The number of nitrogens with one attached hydrogen (secondary N) is 1. The molecule has 3 rings (SSSR count). The molecule has 2 aromatic carbocycles. The Hall–Kier alpha value is -3.55. The van der Waals surface area contributed by atoms with Gasteiger partial charge < -0.3 is 24.4 Å². The maximum atomic E-state index is 12.6. The van der Waals surface area contributed by atoms with Crippen molar-refractivity contribution in [3.8, 4) is 11.5 Å². The molecule has 0 spiro atoms. The third-order valence-electron chi connectivity index (χ3n) is 5.03. The first kappa shape index (κ1) is 23.1. The first-order valence-corrected chi connectivity index (χ1v) is 10.7. The van der Waals surface area contributed by atoms with Gasteiger partial charge in [-0.2, -0.15) is 0 Å². The number of nitrogens with zero attached hydrogens (tertiary/aromatic N) is 1. The number of carbonyl (C=O) groups is 3. The van der Waals surface area contributed by atoms with E-state index in [-0.39, 0.29) is 25.1 Å². The van der Waals surface area contributed by atoms with E-state index in [0.29, 0.717) is 30.3 Å². The number of hydrogen-bond donors (Lipinski definition) is 1. The van der Waals surface area contributed by atoms with E-state index in [1.165, 1.54) is 0 Å². The van der Waals surface area contributed by atoms with Gasteiger partial charge >= 0.3 is 5.97 Å². The van der Waals surface area contributed by atoms with Crippen LogP contribution in [0.15, 0.2) is 42.5 Å². The molecule has 1 heterocycles. The summed E-state index contributed by atoms with van der Waals surface area (Å²) in [5.74, 6) is -0.450. The van der Waals surface area contributed by atoms with Gasteiger partial charge in [0, 0.05) is 17.3 Å². The fourth-order valence-electron chi connectivity index (χ4n) is 3.66. The minimum Gasteiger partial charge on any atom is -0.490 e. The third-order valence-corrected chi connectivity index (χ3v) is 5.03. The molecule has 170 valence electrons. The zero-order valence-electron chi connectivity index (χ0n) is 18.6. The minimum atomic E-state index is -0.692. The Morgan fingerprint density at radius 2 is 1.75 bits per heavy atom. The Morgan fingerprint density at radius 3 is 2.50 bits per heavy atom. The summed E-state index contributed by atoms with van der Waals surface area (Å²) in [6.45, 7) is 5.80. The van der Waals surface area contributed by atoms with Crippen LogP contribution in [0.1, 0.15) is 36.7 Å². The van der Waals surface area contributed by atoms with Crippen LogP contribution in [0, 0.1) is 0 Å². The standard InChI is InChI=1S/C24H28N2O6/c1-4-30-20-11-10-18(13-21(20)31-5-2)24(29)25-14-23(28)32-15-22(27)26-16(3)12-17-8-6-7-9-19(17)26/h6-11,13,16H,4-5,12,14-15H2,1-3H3,(H,25,29). The highest BCUT2D eigenvalue weighted by Crippen LogP contribution is 2.32. The molecule has 0 saturated carbocycles. The van der Waals surface area contributed by atoms with Crippen molar-refractivity contribution in [2.75, 3.05) is 31.3 Å². The highest BCUT2D eigenvalue weighted by atomic mass is 16.5. The lowest BCUT2D eigenvalue weighted by Gasteiger charge is -2.22. The van der Waals surface area contributed by atoms with Crippen molar-refractivity contribution in [3.05, 3.63) is 53.6 Å². The van der Waals surface area contributed by atoms with Crippen molar-refractivity contribution in [2.45, 2.75) is 33.2 Å². The molecule has 0 bridgehead atoms. The van der Waals surface area contributed by atoms with Crippen LogP contribution < -0.4 is 19.7 Å². The van der Waals surface area contributed by atoms with E-state index in [0.717, 1.165) is 17.7 Å². The minimum absolute atomic E-state index is 0.00231. The lowest BCUT2D eigenvalue weighted by Crippen LogP contribution is -2.39.